The maximum absolute atomic E-state index is 10.4. The standard InChI is InChI=1S/C6H12O2.Sr/c1-3-5-6(7)8-4-2;/h3-5H2,1-2H3;. The summed E-state index contributed by atoms with van der Waals surface area (Å²) in [5.41, 5.74) is 0. The van der Waals surface area contributed by atoms with E-state index in [1.165, 1.54) is 0 Å². The molecule has 2 radical (unpaired) electrons. The maximum Gasteiger partial charge on any atom is 0.305 e. The van der Waals surface area contributed by atoms with Gasteiger partial charge in [0.05, 0.1) is 6.61 Å². The first kappa shape index (κ1) is 12.6. The van der Waals surface area contributed by atoms with Crippen LogP contribution in [0, 0.1) is 0 Å². The molecule has 0 aromatic rings. The van der Waals surface area contributed by atoms with Crippen LogP contribution in [0.2, 0.25) is 0 Å². The molecule has 0 N–H and O–H groups in total. The van der Waals surface area contributed by atoms with Crippen molar-refractivity contribution < 1.29 is 9.53 Å². The summed E-state index contributed by atoms with van der Waals surface area (Å²) < 4.78 is 4.64. The third kappa shape index (κ3) is 8.95. The first-order valence-electron chi connectivity index (χ1n) is 2.96. The summed E-state index contributed by atoms with van der Waals surface area (Å²) in [5.74, 6) is -0.0880. The number of rotatable bonds is 3. The van der Waals surface area contributed by atoms with Crippen molar-refractivity contribution in [2.75, 3.05) is 6.61 Å². The molecule has 0 bridgehead atoms. The van der Waals surface area contributed by atoms with Gasteiger partial charge < -0.3 is 4.74 Å². The van der Waals surface area contributed by atoms with Crippen LogP contribution in [-0.2, 0) is 9.53 Å². The van der Waals surface area contributed by atoms with Crippen molar-refractivity contribution in [2.45, 2.75) is 26.7 Å². The molecule has 0 amide bonds. The fraction of sp³-hybridized carbons (Fsp3) is 0.833. The average molecular weight is 204 g/mol. The van der Waals surface area contributed by atoms with Crippen molar-refractivity contribution >= 4 is 51.5 Å². The second-order valence-electron chi connectivity index (χ2n) is 1.56. The Morgan fingerprint density at radius 2 is 2.00 bits per heavy atom. The van der Waals surface area contributed by atoms with Crippen molar-refractivity contribution in [2.24, 2.45) is 0 Å². The third-order valence-corrected chi connectivity index (χ3v) is 0.759. The molecule has 0 spiro atoms. The molecule has 0 fully saturated rings. The Balaban J connectivity index is 0. The van der Waals surface area contributed by atoms with E-state index >= 15 is 0 Å². The van der Waals surface area contributed by atoms with E-state index in [9.17, 15) is 4.79 Å². The number of carbonyl (C=O) groups is 1. The fourth-order valence-electron chi connectivity index (χ4n) is 0.437. The van der Waals surface area contributed by atoms with E-state index < -0.39 is 0 Å². The van der Waals surface area contributed by atoms with Gasteiger partial charge in [0.25, 0.3) is 0 Å². The van der Waals surface area contributed by atoms with Gasteiger partial charge in [-0.15, -0.1) is 0 Å². The first-order valence-corrected chi connectivity index (χ1v) is 2.96. The zero-order valence-electron chi connectivity index (χ0n) is 6.14. The van der Waals surface area contributed by atoms with Crippen molar-refractivity contribution in [1.29, 1.82) is 0 Å². The summed E-state index contributed by atoms with van der Waals surface area (Å²) in [4.78, 5) is 10.4. The second-order valence-corrected chi connectivity index (χ2v) is 1.56. The van der Waals surface area contributed by atoms with Crippen LogP contribution >= 0.6 is 0 Å². The van der Waals surface area contributed by atoms with Gasteiger partial charge in [-0.3, -0.25) is 4.79 Å². The summed E-state index contributed by atoms with van der Waals surface area (Å²) in [6, 6.07) is 0. The van der Waals surface area contributed by atoms with Gasteiger partial charge in [0.15, 0.2) is 0 Å². The summed E-state index contributed by atoms with van der Waals surface area (Å²) >= 11 is 0. The van der Waals surface area contributed by atoms with Crippen LogP contribution in [0.1, 0.15) is 26.7 Å². The Labute approximate surface area is 93.2 Å². The maximum atomic E-state index is 10.4. The summed E-state index contributed by atoms with van der Waals surface area (Å²) in [7, 11) is 0. The van der Waals surface area contributed by atoms with Crippen LogP contribution in [0.25, 0.3) is 0 Å². The van der Waals surface area contributed by atoms with Crippen molar-refractivity contribution in [3.63, 3.8) is 0 Å². The topological polar surface area (TPSA) is 26.3 Å². The molecule has 0 saturated carbocycles. The minimum atomic E-state index is -0.0880. The molecule has 3 heteroatoms. The van der Waals surface area contributed by atoms with Gasteiger partial charge in [0, 0.05) is 51.9 Å². The van der Waals surface area contributed by atoms with Gasteiger partial charge in [-0.2, -0.15) is 0 Å². The molecule has 0 aromatic carbocycles. The molecule has 0 unspecified atom stereocenters. The molecule has 0 atom stereocenters. The number of hydrogen-bond acceptors (Lipinski definition) is 2. The van der Waals surface area contributed by atoms with Gasteiger partial charge in [0.1, 0.15) is 0 Å². The summed E-state index contributed by atoms with van der Waals surface area (Å²) in [6.07, 6.45) is 1.42. The third-order valence-electron chi connectivity index (χ3n) is 0.759. The van der Waals surface area contributed by atoms with Crippen LogP contribution in [-0.4, -0.2) is 58.1 Å². The van der Waals surface area contributed by atoms with Crippen molar-refractivity contribution in [1.82, 2.24) is 0 Å². The molecule has 0 aromatic heterocycles. The van der Waals surface area contributed by atoms with Crippen LogP contribution in [0.5, 0.6) is 0 Å². The molecular formula is C6H12O2Sr. The Kier molecular flexibility index (Phi) is 12.5. The van der Waals surface area contributed by atoms with Crippen LogP contribution in [0.15, 0.2) is 0 Å². The van der Waals surface area contributed by atoms with Crippen LogP contribution in [0.4, 0.5) is 0 Å². The zero-order chi connectivity index (χ0) is 6.41. The number of esters is 1. The van der Waals surface area contributed by atoms with E-state index in [1.807, 2.05) is 13.8 Å². The van der Waals surface area contributed by atoms with Gasteiger partial charge in [0.2, 0.25) is 0 Å². The van der Waals surface area contributed by atoms with Gasteiger partial charge in [-0.1, -0.05) is 6.92 Å². The molecule has 9 heavy (non-hydrogen) atoms. The average Bonchev–Trinajstić information content (AvgIpc) is 1.68. The Bertz CT molecular complexity index is 65.5. The molecule has 2 nitrogen and oxygen atoms in total. The van der Waals surface area contributed by atoms with E-state index in [2.05, 4.69) is 4.74 Å². The van der Waals surface area contributed by atoms with Crippen molar-refractivity contribution in [3.05, 3.63) is 0 Å². The molecule has 0 aliphatic rings. The SMILES string of the molecule is CCCC(=O)OCC.[Sr]. The second kappa shape index (κ2) is 8.95. The van der Waals surface area contributed by atoms with Gasteiger partial charge >= 0.3 is 5.97 Å². The molecule has 0 heterocycles. The zero-order valence-corrected chi connectivity index (χ0v) is 9.62. The number of carbonyl (C=O) groups excluding carboxylic acids is 1. The van der Waals surface area contributed by atoms with Crippen LogP contribution in [0.3, 0.4) is 0 Å². The quantitative estimate of drug-likeness (QED) is 0.505. The smallest absolute Gasteiger partial charge is 0.305 e. The minimum absolute atomic E-state index is 0. The Morgan fingerprint density at radius 1 is 1.44 bits per heavy atom. The van der Waals surface area contributed by atoms with Crippen molar-refractivity contribution in [3.8, 4) is 0 Å². The predicted octanol–water partition coefficient (Wildman–Crippen LogP) is 0.969. The van der Waals surface area contributed by atoms with E-state index in [0.29, 0.717) is 13.0 Å². The molecule has 0 saturated heterocycles. The van der Waals surface area contributed by atoms with E-state index in [1.54, 1.807) is 0 Å². The number of ether oxygens (including phenoxy) is 1. The number of hydrogen-bond donors (Lipinski definition) is 0. The van der Waals surface area contributed by atoms with E-state index in [0.717, 1.165) is 6.42 Å². The molecule has 0 aliphatic carbocycles. The monoisotopic (exact) mass is 204 g/mol. The largest absolute Gasteiger partial charge is 0.466 e. The van der Waals surface area contributed by atoms with E-state index in [-0.39, 0.29) is 51.5 Å². The molecule has 50 valence electrons. The normalized spacial score (nSPS) is 7.78. The van der Waals surface area contributed by atoms with Crippen LogP contribution < -0.4 is 0 Å². The molecule has 0 aliphatic heterocycles. The first-order chi connectivity index (χ1) is 3.81. The summed E-state index contributed by atoms with van der Waals surface area (Å²) in [6.45, 7) is 4.27. The predicted molar refractivity (Wildman–Crippen MR) is 37.3 cm³/mol. The van der Waals surface area contributed by atoms with Gasteiger partial charge in [-0.05, 0) is 13.3 Å². The Morgan fingerprint density at radius 3 is 2.33 bits per heavy atom. The molecular weight excluding hydrogens is 192 g/mol. The summed E-state index contributed by atoms with van der Waals surface area (Å²) in [5, 5.41) is 0. The fourth-order valence-corrected chi connectivity index (χ4v) is 0.437. The van der Waals surface area contributed by atoms with Gasteiger partial charge in [-0.25, -0.2) is 0 Å². The minimum Gasteiger partial charge on any atom is -0.466 e. The van der Waals surface area contributed by atoms with E-state index in [4.69, 9.17) is 0 Å². The Hall–Kier alpha value is 0.951. The molecule has 0 rings (SSSR count).